The molecule has 1 atom stereocenters. The fourth-order valence-electron chi connectivity index (χ4n) is 2.35. The molecule has 2 heterocycles. The lowest BCUT2D eigenvalue weighted by Crippen LogP contribution is -2.20. The minimum absolute atomic E-state index is 0.442. The van der Waals surface area contributed by atoms with Crippen LogP contribution in [0.4, 0.5) is 0 Å². The van der Waals surface area contributed by atoms with Crippen molar-refractivity contribution in [2.45, 2.75) is 19.6 Å². The summed E-state index contributed by atoms with van der Waals surface area (Å²) in [7, 11) is 0. The molecule has 22 heavy (non-hydrogen) atoms. The molecule has 0 fully saturated rings. The van der Waals surface area contributed by atoms with Gasteiger partial charge in [0.1, 0.15) is 24.5 Å². The number of furan rings is 1. The molecular formula is C16H18N4O2. The monoisotopic (exact) mass is 298 g/mol. The van der Waals surface area contributed by atoms with E-state index in [1.807, 2.05) is 19.1 Å². The highest BCUT2D eigenvalue weighted by Crippen LogP contribution is 2.15. The summed E-state index contributed by atoms with van der Waals surface area (Å²) in [5, 5.41) is 17.3. The minimum atomic E-state index is -0.634. The number of aliphatic hydroxyl groups is 1. The second kappa shape index (κ2) is 6.55. The van der Waals surface area contributed by atoms with E-state index in [0.29, 0.717) is 18.8 Å². The van der Waals surface area contributed by atoms with Gasteiger partial charge in [-0.1, -0.05) is 12.1 Å². The maximum Gasteiger partial charge on any atom is 0.138 e. The zero-order valence-corrected chi connectivity index (χ0v) is 12.3. The van der Waals surface area contributed by atoms with E-state index in [0.717, 1.165) is 16.8 Å². The van der Waals surface area contributed by atoms with Gasteiger partial charge in [-0.15, -0.1) is 0 Å². The number of hydrogen-bond donors (Lipinski definition) is 2. The van der Waals surface area contributed by atoms with Crippen molar-refractivity contribution in [3.8, 4) is 5.69 Å². The van der Waals surface area contributed by atoms with Gasteiger partial charge >= 0.3 is 0 Å². The van der Waals surface area contributed by atoms with Gasteiger partial charge < -0.3 is 14.8 Å². The highest BCUT2D eigenvalue weighted by molar-refractivity contribution is 5.41. The zero-order valence-electron chi connectivity index (χ0n) is 12.3. The van der Waals surface area contributed by atoms with Crippen molar-refractivity contribution in [1.82, 2.24) is 20.1 Å². The molecule has 2 aromatic heterocycles. The van der Waals surface area contributed by atoms with E-state index < -0.39 is 6.10 Å². The first-order valence-electron chi connectivity index (χ1n) is 7.11. The molecule has 0 spiro atoms. The summed E-state index contributed by atoms with van der Waals surface area (Å²) in [6.45, 7) is 3.16. The van der Waals surface area contributed by atoms with Crippen LogP contribution >= 0.6 is 0 Å². The lowest BCUT2D eigenvalue weighted by molar-refractivity contribution is 0.147. The highest BCUT2D eigenvalue weighted by Gasteiger charge is 2.09. The van der Waals surface area contributed by atoms with Crippen LogP contribution in [-0.4, -0.2) is 26.4 Å². The van der Waals surface area contributed by atoms with Gasteiger partial charge in [0, 0.05) is 13.1 Å². The summed E-state index contributed by atoms with van der Waals surface area (Å²) in [6, 6.07) is 9.69. The van der Waals surface area contributed by atoms with Gasteiger partial charge in [-0.05, 0) is 36.2 Å². The normalized spacial score (nSPS) is 12.5. The summed E-state index contributed by atoms with van der Waals surface area (Å²) in [5.41, 5.74) is 3.28. The van der Waals surface area contributed by atoms with E-state index in [1.165, 1.54) is 6.33 Å². The summed E-state index contributed by atoms with van der Waals surface area (Å²) < 4.78 is 6.91. The van der Waals surface area contributed by atoms with Crippen molar-refractivity contribution in [1.29, 1.82) is 0 Å². The molecule has 6 heteroatoms. The average molecular weight is 298 g/mol. The molecule has 0 saturated heterocycles. The molecule has 6 nitrogen and oxygen atoms in total. The topological polar surface area (TPSA) is 76.1 Å². The Morgan fingerprint density at radius 3 is 2.95 bits per heavy atom. The van der Waals surface area contributed by atoms with Gasteiger partial charge in [-0.2, -0.15) is 5.10 Å². The minimum Gasteiger partial charge on any atom is -0.467 e. The van der Waals surface area contributed by atoms with Crippen molar-refractivity contribution in [3.05, 3.63) is 66.1 Å². The largest absolute Gasteiger partial charge is 0.467 e. The first-order valence-corrected chi connectivity index (χ1v) is 7.11. The second-order valence-electron chi connectivity index (χ2n) is 5.12. The van der Waals surface area contributed by atoms with Gasteiger partial charge in [0.25, 0.3) is 0 Å². The average Bonchev–Trinajstić information content (AvgIpc) is 3.21. The van der Waals surface area contributed by atoms with Crippen molar-refractivity contribution in [2.75, 3.05) is 6.54 Å². The molecule has 0 unspecified atom stereocenters. The van der Waals surface area contributed by atoms with Crippen LogP contribution in [0.3, 0.4) is 0 Å². The van der Waals surface area contributed by atoms with Crippen molar-refractivity contribution in [2.24, 2.45) is 0 Å². The van der Waals surface area contributed by atoms with Gasteiger partial charge in [-0.3, -0.25) is 0 Å². The van der Waals surface area contributed by atoms with Crippen molar-refractivity contribution < 1.29 is 9.52 Å². The Morgan fingerprint density at radius 1 is 1.36 bits per heavy atom. The lowest BCUT2D eigenvalue weighted by atomic mass is 10.1. The second-order valence-corrected chi connectivity index (χ2v) is 5.12. The maximum atomic E-state index is 9.94. The van der Waals surface area contributed by atoms with Crippen LogP contribution in [0.25, 0.3) is 5.69 Å². The Labute approximate surface area is 128 Å². The molecule has 0 aliphatic heterocycles. The van der Waals surface area contributed by atoms with E-state index in [1.54, 1.807) is 29.4 Å². The Kier molecular flexibility index (Phi) is 4.32. The Balaban J connectivity index is 1.58. The fourth-order valence-corrected chi connectivity index (χ4v) is 2.35. The molecule has 0 aliphatic carbocycles. The smallest absolute Gasteiger partial charge is 0.138 e. The number of benzene rings is 1. The molecule has 114 valence electrons. The number of nitrogens with one attached hydrogen (secondary N) is 1. The summed E-state index contributed by atoms with van der Waals surface area (Å²) in [5.74, 6) is 0.574. The number of nitrogens with zero attached hydrogens (tertiary/aromatic N) is 3. The highest BCUT2D eigenvalue weighted by atomic mass is 16.4. The summed E-state index contributed by atoms with van der Waals surface area (Å²) in [4.78, 5) is 3.96. The SMILES string of the molecule is Cc1cc(CNC[C@H](O)c2ccco2)ccc1-n1cncn1. The van der Waals surface area contributed by atoms with Crippen LogP contribution in [0, 0.1) is 6.92 Å². The fraction of sp³-hybridized carbons (Fsp3) is 0.250. The van der Waals surface area contributed by atoms with Crippen molar-refractivity contribution >= 4 is 0 Å². The molecule has 0 bridgehead atoms. The van der Waals surface area contributed by atoms with E-state index in [9.17, 15) is 5.11 Å². The Hall–Kier alpha value is -2.44. The Bertz CT molecular complexity index is 708. The van der Waals surface area contributed by atoms with Gasteiger partial charge in [0.2, 0.25) is 0 Å². The standard InChI is InChI=1S/C16H18N4O2/c1-12-7-13(4-5-14(12)20-11-18-10-19-20)8-17-9-15(21)16-3-2-6-22-16/h2-7,10-11,15,17,21H,8-9H2,1H3/t15-/m0/s1. The predicted octanol–water partition coefficient (Wildman–Crippen LogP) is 1.99. The first kappa shape index (κ1) is 14.5. The molecule has 0 radical (unpaired) electrons. The van der Waals surface area contributed by atoms with Crippen LogP contribution in [0.2, 0.25) is 0 Å². The third kappa shape index (κ3) is 3.24. The Morgan fingerprint density at radius 2 is 2.27 bits per heavy atom. The number of aryl methyl sites for hydroxylation is 1. The quantitative estimate of drug-likeness (QED) is 0.728. The van der Waals surface area contributed by atoms with E-state index >= 15 is 0 Å². The molecule has 1 aromatic carbocycles. The molecule has 3 rings (SSSR count). The van der Waals surface area contributed by atoms with Crippen molar-refractivity contribution in [3.63, 3.8) is 0 Å². The van der Waals surface area contributed by atoms with Crippen LogP contribution in [0.1, 0.15) is 23.0 Å². The first-order chi connectivity index (χ1) is 10.7. The summed E-state index contributed by atoms with van der Waals surface area (Å²) >= 11 is 0. The molecular weight excluding hydrogens is 280 g/mol. The molecule has 3 aromatic rings. The molecule has 2 N–H and O–H groups in total. The molecule has 0 saturated carbocycles. The maximum absolute atomic E-state index is 9.94. The third-order valence-electron chi connectivity index (χ3n) is 3.47. The number of aliphatic hydroxyl groups excluding tert-OH is 1. The number of hydrogen-bond acceptors (Lipinski definition) is 5. The predicted molar refractivity (Wildman–Crippen MR) is 81.5 cm³/mol. The summed E-state index contributed by atoms with van der Waals surface area (Å²) in [6.07, 6.45) is 4.13. The number of aromatic nitrogens is 3. The van der Waals surface area contributed by atoms with Gasteiger partial charge in [-0.25, -0.2) is 9.67 Å². The van der Waals surface area contributed by atoms with Gasteiger partial charge in [0.05, 0.1) is 12.0 Å². The van der Waals surface area contributed by atoms with Crippen LogP contribution in [0.5, 0.6) is 0 Å². The van der Waals surface area contributed by atoms with E-state index in [2.05, 4.69) is 21.5 Å². The van der Waals surface area contributed by atoms with E-state index in [-0.39, 0.29) is 0 Å². The lowest BCUT2D eigenvalue weighted by Gasteiger charge is -2.11. The van der Waals surface area contributed by atoms with Crippen LogP contribution in [-0.2, 0) is 6.54 Å². The van der Waals surface area contributed by atoms with Crippen LogP contribution in [0.15, 0.2) is 53.7 Å². The van der Waals surface area contributed by atoms with Crippen LogP contribution < -0.4 is 5.32 Å². The third-order valence-corrected chi connectivity index (χ3v) is 3.47. The molecule has 0 amide bonds. The zero-order chi connectivity index (χ0) is 15.4. The van der Waals surface area contributed by atoms with Gasteiger partial charge in [0.15, 0.2) is 0 Å². The van der Waals surface area contributed by atoms with E-state index in [4.69, 9.17) is 4.42 Å². The molecule has 0 aliphatic rings. The number of rotatable bonds is 6.